The van der Waals surface area contributed by atoms with Crippen molar-refractivity contribution in [1.82, 2.24) is 25.5 Å². The van der Waals surface area contributed by atoms with Gasteiger partial charge in [0.1, 0.15) is 17.2 Å². The Kier molecular flexibility index (Phi) is 6.36. The zero-order chi connectivity index (χ0) is 24.0. The number of hydroxylamine groups is 1. The lowest BCUT2D eigenvalue weighted by Crippen LogP contribution is -2.15. The molecule has 0 fully saturated rings. The Morgan fingerprint density at radius 2 is 1.77 bits per heavy atom. The number of carbonyl (C=O) groups excluding carboxylic acids is 1. The van der Waals surface area contributed by atoms with Crippen molar-refractivity contribution in [2.75, 3.05) is 0 Å². The van der Waals surface area contributed by atoms with Crippen LogP contribution in [0.1, 0.15) is 23.0 Å². The molecule has 0 radical (unpaired) electrons. The van der Waals surface area contributed by atoms with Gasteiger partial charge < -0.3 is 9.72 Å². The number of benzene rings is 3. The number of ether oxygens (including phenoxy) is 1. The lowest BCUT2D eigenvalue weighted by atomic mass is 10.0. The molecule has 0 aliphatic carbocycles. The minimum Gasteiger partial charge on any atom is -0.457 e. The zero-order valence-corrected chi connectivity index (χ0v) is 18.7. The summed E-state index contributed by atoms with van der Waals surface area (Å²) in [6.07, 6.45) is 5.11. The number of carbonyl (C=O) groups is 1. The van der Waals surface area contributed by atoms with Gasteiger partial charge in [-0.2, -0.15) is 0 Å². The molecule has 0 saturated carbocycles. The molecular weight excluding hydrogens is 442 g/mol. The molecule has 2 heterocycles. The number of hydrogen-bond donors (Lipinski definition) is 3. The van der Waals surface area contributed by atoms with Crippen LogP contribution in [0.5, 0.6) is 11.5 Å². The van der Waals surface area contributed by atoms with Crippen molar-refractivity contribution in [2.24, 2.45) is 0 Å². The topological polar surface area (TPSA) is 105 Å². The first kappa shape index (κ1) is 22.1. The van der Waals surface area contributed by atoms with Crippen LogP contribution >= 0.6 is 0 Å². The monoisotopic (exact) mass is 465 g/mol. The van der Waals surface area contributed by atoms with Crippen LogP contribution in [-0.4, -0.2) is 31.1 Å². The third-order valence-corrected chi connectivity index (χ3v) is 5.60. The second-order valence-electron chi connectivity index (χ2n) is 8.02. The number of H-pyrrole nitrogens is 1. The highest BCUT2D eigenvalue weighted by Gasteiger charge is 2.19. The van der Waals surface area contributed by atoms with E-state index in [2.05, 4.69) is 27.4 Å². The summed E-state index contributed by atoms with van der Waals surface area (Å²) in [4.78, 5) is 14.8. The minimum absolute atomic E-state index is 0.162. The van der Waals surface area contributed by atoms with E-state index in [1.807, 2.05) is 72.8 Å². The normalized spacial score (nSPS) is 12.1. The average Bonchev–Trinajstić information content (AvgIpc) is 3.54. The number of nitrogens with one attached hydrogen (secondary N) is 2. The second kappa shape index (κ2) is 10.1. The quantitative estimate of drug-likeness (QED) is 0.172. The average molecular weight is 466 g/mol. The third-order valence-electron chi connectivity index (χ3n) is 5.60. The molecule has 0 aliphatic rings. The first-order valence-corrected chi connectivity index (χ1v) is 11.1. The summed E-state index contributed by atoms with van der Waals surface area (Å²) in [5.41, 5.74) is 5.19. The van der Waals surface area contributed by atoms with Gasteiger partial charge in [0.2, 0.25) is 0 Å². The van der Waals surface area contributed by atoms with Crippen LogP contribution < -0.4 is 10.2 Å². The Balaban J connectivity index is 1.42. The number of amides is 1. The maximum atomic E-state index is 11.3. The van der Waals surface area contributed by atoms with Crippen LogP contribution in [0.15, 0.2) is 97.2 Å². The van der Waals surface area contributed by atoms with E-state index in [4.69, 9.17) is 9.94 Å². The molecule has 1 atom stereocenters. The summed E-state index contributed by atoms with van der Waals surface area (Å²) in [5, 5.41) is 18.3. The van der Waals surface area contributed by atoms with Crippen molar-refractivity contribution in [3.05, 3.63) is 114 Å². The number of nitrogens with zero attached hydrogens (tertiary/aromatic N) is 3. The molecule has 8 nitrogen and oxygen atoms in total. The molecule has 0 saturated heterocycles. The summed E-state index contributed by atoms with van der Waals surface area (Å²) in [6, 6.07) is 27.7. The van der Waals surface area contributed by atoms with Gasteiger partial charge in [-0.15, -0.1) is 5.10 Å². The smallest absolute Gasteiger partial charge is 0.267 e. The van der Waals surface area contributed by atoms with Crippen LogP contribution in [0.3, 0.4) is 0 Å². The Morgan fingerprint density at radius 3 is 2.54 bits per heavy atom. The van der Waals surface area contributed by atoms with E-state index in [1.54, 1.807) is 16.4 Å². The van der Waals surface area contributed by atoms with E-state index in [9.17, 15) is 4.79 Å². The first-order valence-electron chi connectivity index (χ1n) is 11.1. The molecular formula is C27H23N5O3. The molecule has 0 bridgehead atoms. The minimum atomic E-state index is -0.635. The van der Waals surface area contributed by atoms with Gasteiger partial charge in [0.15, 0.2) is 0 Å². The van der Waals surface area contributed by atoms with Gasteiger partial charge in [-0.1, -0.05) is 53.7 Å². The van der Waals surface area contributed by atoms with Crippen LogP contribution in [-0.2, 0) is 11.2 Å². The van der Waals surface area contributed by atoms with Crippen molar-refractivity contribution in [2.45, 2.75) is 12.5 Å². The Bertz CT molecular complexity index is 1420. The highest BCUT2D eigenvalue weighted by atomic mass is 16.5. The predicted molar refractivity (Wildman–Crippen MR) is 132 cm³/mol. The SMILES string of the molecule is O=C(/C=C/c1cn(C(Cc2ccc(Oc3ccccc3)cc2)c2cc3ccccc3[nH]2)nn1)NO. The van der Waals surface area contributed by atoms with Crippen LogP contribution in [0.2, 0.25) is 0 Å². The highest BCUT2D eigenvalue weighted by molar-refractivity contribution is 5.90. The molecule has 0 aliphatic heterocycles. The maximum Gasteiger partial charge on any atom is 0.267 e. The lowest BCUT2D eigenvalue weighted by Gasteiger charge is -2.16. The fraction of sp³-hybridized carbons (Fsp3) is 0.0741. The number of hydrogen-bond acceptors (Lipinski definition) is 5. The molecule has 2 aromatic heterocycles. The van der Waals surface area contributed by atoms with E-state index in [-0.39, 0.29) is 6.04 Å². The van der Waals surface area contributed by atoms with Crippen molar-refractivity contribution in [3.63, 3.8) is 0 Å². The molecule has 0 spiro atoms. The highest BCUT2D eigenvalue weighted by Crippen LogP contribution is 2.28. The first-order chi connectivity index (χ1) is 17.2. The van der Waals surface area contributed by atoms with Crippen LogP contribution in [0.25, 0.3) is 17.0 Å². The largest absolute Gasteiger partial charge is 0.457 e. The molecule has 174 valence electrons. The standard InChI is InChI=1S/C27H23N5O3/c33-27(30-34)15-12-21-18-32(31-29-21)26(25-17-20-6-4-5-9-24(20)28-25)16-19-10-13-23(14-11-19)35-22-7-2-1-3-8-22/h1-15,17-18,26,28,34H,16H2,(H,30,33)/b15-12+. The van der Waals surface area contributed by atoms with Gasteiger partial charge in [-0.3, -0.25) is 10.0 Å². The van der Waals surface area contributed by atoms with Gasteiger partial charge in [0, 0.05) is 23.7 Å². The molecule has 35 heavy (non-hydrogen) atoms. The van der Waals surface area contributed by atoms with Gasteiger partial charge in [0.25, 0.3) is 5.91 Å². The predicted octanol–water partition coefficient (Wildman–Crippen LogP) is 4.90. The number of aromatic amines is 1. The van der Waals surface area contributed by atoms with Crippen molar-refractivity contribution < 1.29 is 14.7 Å². The molecule has 1 amide bonds. The van der Waals surface area contributed by atoms with E-state index in [0.717, 1.165) is 33.7 Å². The fourth-order valence-electron chi connectivity index (χ4n) is 3.88. The fourth-order valence-corrected chi connectivity index (χ4v) is 3.88. The van der Waals surface area contributed by atoms with Gasteiger partial charge >= 0.3 is 0 Å². The van der Waals surface area contributed by atoms with E-state index in [0.29, 0.717) is 12.1 Å². The van der Waals surface area contributed by atoms with E-state index < -0.39 is 5.91 Å². The number of rotatable bonds is 8. The Morgan fingerprint density at radius 1 is 1.03 bits per heavy atom. The summed E-state index contributed by atoms with van der Waals surface area (Å²) < 4.78 is 7.69. The molecule has 3 N–H and O–H groups in total. The third kappa shape index (κ3) is 5.29. The molecule has 1 unspecified atom stereocenters. The van der Waals surface area contributed by atoms with Crippen molar-refractivity contribution in [1.29, 1.82) is 0 Å². The number of fused-ring (bicyclic) bond motifs is 1. The van der Waals surface area contributed by atoms with Crippen LogP contribution in [0, 0.1) is 0 Å². The summed E-state index contributed by atoms with van der Waals surface area (Å²) in [5.74, 6) is 0.913. The van der Waals surface area contributed by atoms with Gasteiger partial charge in [0.05, 0.1) is 12.2 Å². The molecule has 5 aromatic rings. The van der Waals surface area contributed by atoms with Crippen LogP contribution in [0.4, 0.5) is 0 Å². The van der Waals surface area contributed by atoms with Crippen molar-refractivity contribution >= 4 is 22.9 Å². The van der Waals surface area contributed by atoms with Gasteiger partial charge in [-0.25, -0.2) is 10.2 Å². The maximum absolute atomic E-state index is 11.3. The van der Waals surface area contributed by atoms with E-state index in [1.165, 1.54) is 12.2 Å². The lowest BCUT2D eigenvalue weighted by molar-refractivity contribution is -0.124. The van der Waals surface area contributed by atoms with E-state index >= 15 is 0 Å². The zero-order valence-electron chi connectivity index (χ0n) is 18.7. The summed E-state index contributed by atoms with van der Waals surface area (Å²) in [7, 11) is 0. The molecule has 8 heteroatoms. The van der Waals surface area contributed by atoms with Crippen molar-refractivity contribution in [3.8, 4) is 11.5 Å². The Hall–Kier alpha value is -4.69. The Labute approximate surface area is 201 Å². The number of aromatic nitrogens is 4. The summed E-state index contributed by atoms with van der Waals surface area (Å²) in [6.45, 7) is 0. The molecule has 5 rings (SSSR count). The number of para-hydroxylation sites is 2. The summed E-state index contributed by atoms with van der Waals surface area (Å²) >= 11 is 0. The second-order valence-corrected chi connectivity index (χ2v) is 8.02. The molecule has 3 aromatic carbocycles. The van der Waals surface area contributed by atoms with Gasteiger partial charge in [-0.05, 0) is 53.4 Å².